The number of hydrogen-bond acceptors (Lipinski definition) is 5. The molecular weight excluding hydrogens is 490 g/mol. The molecule has 0 fully saturated rings. The van der Waals surface area contributed by atoms with E-state index in [9.17, 15) is 18.0 Å². The van der Waals surface area contributed by atoms with Crippen molar-refractivity contribution >= 4 is 39.1 Å². The molecule has 0 aliphatic carbocycles. The Kier molecular flexibility index (Phi) is 7.39. The Morgan fingerprint density at radius 1 is 1.03 bits per heavy atom. The van der Waals surface area contributed by atoms with Crippen LogP contribution >= 0.6 is 11.6 Å². The Bertz CT molecular complexity index is 1320. The van der Waals surface area contributed by atoms with Crippen LogP contribution in [0.3, 0.4) is 0 Å². The standard InChI is InChI=1S/C25H24ClN3O5S/c1-28(35(32,33)20-13-11-19(26)12-14-20)17-24(30)29-16-23(34-22-10-6-5-9-21(22)29)25(31)27-15-18-7-3-2-4-8-18/h2-14,23H,15-17H2,1H3,(H,27,31). The smallest absolute Gasteiger partial charge is 0.263 e. The summed E-state index contributed by atoms with van der Waals surface area (Å²) < 4.78 is 32.7. The maximum absolute atomic E-state index is 13.3. The van der Waals surface area contributed by atoms with Gasteiger partial charge in [-0.25, -0.2) is 8.42 Å². The van der Waals surface area contributed by atoms with E-state index in [4.69, 9.17) is 16.3 Å². The number of carbonyl (C=O) groups excluding carboxylic acids is 2. The van der Waals surface area contributed by atoms with Crippen molar-refractivity contribution < 1.29 is 22.7 Å². The maximum atomic E-state index is 13.3. The van der Waals surface area contributed by atoms with E-state index in [1.165, 1.54) is 36.2 Å². The highest BCUT2D eigenvalue weighted by atomic mass is 35.5. The molecule has 0 aromatic heterocycles. The van der Waals surface area contributed by atoms with Crippen LogP contribution in [0, 0.1) is 0 Å². The van der Waals surface area contributed by atoms with Crippen molar-refractivity contribution in [3.8, 4) is 5.75 Å². The minimum Gasteiger partial charge on any atom is -0.477 e. The summed E-state index contributed by atoms with van der Waals surface area (Å²) in [4.78, 5) is 27.5. The summed E-state index contributed by atoms with van der Waals surface area (Å²) in [6.07, 6.45) is -0.948. The van der Waals surface area contributed by atoms with E-state index in [1.54, 1.807) is 24.3 Å². The average molecular weight is 514 g/mol. The Balaban J connectivity index is 1.49. The van der Waals surface area contributed by atoms with Crippen molar-refractivity contribution in [2.45, 2.75) is 17.5 Å². The molecule has 35 heavy (non-hydrogen) atoms. The topological polar surface area (TPSA) is 96.0 Å². The van der Waals surface area contributed by atoms with Crippen LogP contribution in [0.2, 0.25) is 5.02 Å². The number of para-hydroxylation sites is 2. The molecule has 182 valence electrons. The van der Waals surface area contributed by atoms with Gasteiger partial charge in [-0.1, -0.05) is 54.1 Å². The molecule has 1 aliphatic rings. The number of rotatable bonds is 7. The van der Waals surface area contributed by atoms with Crippen LogP contribution < -0.4 is 15.0 Å². The van der Waals surface area contributed by atoms with Crippen LogP contribution in [-0.2, 0) is 26.2 Å². The second-order valence-corrected chi connectivity index (χ2v) is 10.5. The van der Waals surface area contributed by atoms with Crippen molar-refractivity contribution in [3.05, 3.63) is 89.4 Å². The lowest BCUT2D eigenvalue weighted by Crippen LogP contribution is -2.52. The first-order valence-corrected chi connectivity index (χ1v) is 12.7. The van der Waals surface area contributed by atoms with Crippen LogP contribution in [-0.4, -0.2) is 50.8 Å². The van der Waals surface area contributed by atoms with Gasteiger partial charge < -0.3 is 15.0 Å². The summed E-state index contributed by atoms with van der Waals surface area (Å²) in [7, 11) is -2.59. The van der Waals surface area contributed by atoms with Gasteiger partial charge in [0.05, 0.1) is 23.7 Å². The summed E-state index contributed by atoms with van der Waals surface area (Å²) in [6.45, 7) is -0.153. The van der Waals surface area contributed by atoms with Gasteiger partial charge in [0.2, 0.25) is 15.9 Å². The molecule has 3 aromatic carbocycles. The predicted octanol–water partition coefficient (Wildman–Crippen LogP) is 3.07. The molecule has 1 N–H and O–H groups in total. The first-order chi connectivity index (χ1) is 16.8. The second-order valence-electron chi connectivity index (χ2n) is 8.00. The van der Waals surface area contributed by atoms with Crippen LogP contribution in [0.5, 0.6) is 5.75 Å². The summed E-state index contributed by atoms with van der Waals surface area (Å²) in [5.41, 5.74) is 1.40. The van der Waals surface area contributed by atoms with E-state index in [0.29, 0.717) is 23.0 Å². The Morgan fingerprint density at radius 3 is 2.40 bits per heavy atom. The third kappa shape index (κ3) is 5.64. The van der Waals surface area contributed by atoms with Crippen molar-refractivity contribution in [1.82, 2.24) is 9.62 Å². The lowest BCUT2D eigenvalue weighted by molar-refractivity contribution is -0.128. The van der Waals surface area contributed by atoms with Gasteiger partial charge in [0.15, 0.2) is 6.10 Å². The number of amides is 2. The number of nitrogens with zero attached hydrogens (tertiary/aromatic N) is 2. The fourth-order valence-electron chi connectivity index (χ4n) is 3.65. The molecule has 8 nitrogen and oxygen atoms in total. The van der Waals surface area contributed by atoms with Gasteiger partial charge >= 0.3 is 0 Å². The molecule has 1 heterocycles. The highest BCUT2D eigenvalue weighted by Gasteiger charge is 2.35. The number of sulfonamides is 1. The third-order valence-electron chi connectivity index (χ3n) is 5.56. The number of carbonyl (C=O) groups is 2. The van der Waals surface area contributed by atoms with E-state index in [0.717, 1.165) is 9.87 Å². The molecule has 0 spiro atoms. The second kappa shape index (κ2) is 10.5. The van der Waals surface area contributed by atoms with E-state index >= 15 is 0 Å². The van der Waals surface area contributed by atoms with Gasteiger partial charge in [-0.3, -0.25) is 9.59 Å². The minimum atomic E-state index is -3.92. The lowest BCUT2D eigenvalue weighted by Gasteiger charge is -2.35. The van der Waals surface area contributed by atoms with Crippen molar-refractivity contribution in [2.24, 2.45) is 0 Å². The molecule has 1 atom stereocenters. The normalized spacial score (nSPS) is 15.3. The fourth-order valence-corrected chi connectivity index (χ4v) is 4.90. The zero-order chi connectivity index (χ0) is 25.0. The van der Waals surface area contributed by atoms with E-state index in [1.807, 2.05) is 30.3 Å². The Morgan fingerprint density at radius 2 is 1.69 bits per heavy atom. The Hall–Kier alpha value is -3.40. The predicted molar refractivity (Wildman–Crippen MR) is 133 cm³/mol. The van der Waals surface area contributed by atoms with Crippen LogP contribution in [0.4, 0.5) is 5.69 Å². The molecule has 0 radical (unpaired) electrons. The first-order valence-electron chi connectivity index (χ1n) is 10.9. The van der Waals surface area contributed by atoms with Crippen molar-refractivity contribution in [3.63, 3.8) is 0 Å². The van der Waals surface area contributed by atoms with Gasteiger partial charge in [0.25, 0.3) is 5.91 Å². The number of fused-ring (bicyclic) bond motifs is 1. The number of ether oxygens (including phenoxy) is 1. The molecule has 3 aromatic rings. The number of nitrogens with one attached hydrogen (secondary N) is 1. The summed E-state index contributed by atoms with van der Waals surface area (Å²) >= 11 is 5.86. The highest BCUT2D eigenvalue weighted by molar-refractivity contribution is 7.89. The van der Waals surface area contributed by atoms with Crippen LogP contribution in [0.15, 0.2) is 83.8 Å². The van der Waals surface area contributed by atoms with Crippen molar-refractivity contribution in [2.75, 3.05) is 25.0 Å². The molecule has 0 bridgehead atoms. The maximum Gasteiger partial charge on any atom is 0.263 e. The van der Waals surface area contributed by atoms with Gasteiger partial charge in [-0.2, -0.15) is 4.31 Å². The summed E-state index contributed by atoms with van der Waals surface area (Å²) in [6, 6.07) is 22.0. The van der Waals surface area contributed by atoms with Gasteiger partial charge in [-0.15, -0.1) is 0 Å². The highest BCUT2D eigenvalue weighted by Crippen LogP contribution is 2.33. The lowest BCUT2D eigenvalue weighted by atomic mass is 10.1. The van der Waals surface area contributed by atoms with E-state index in [-0.39, 0.29) is 17.3 Å². The SMILES string of the molecule is CN(CC(=O)N1CC(C(=O)NCc2ccccc2)Oc2ccccc21)S(=O)(=O)c1ccc(Cl)cc1. The summed E-state index contributed by atoms with van der Waals surface area (Å²) in [5.74, 6) is -0.486. The summed E-state index contributed by atoms with van der Waals surface area (Å²) in [5, 5.41) is 3.24. The molecular formula is C25H24ClN3O5S. The number of hydrogen-bond donors (Lipinski definition) is 1. The molecule has 2 amide bonds. The third-order valence-corrected chi connectivity index (χ3v) is 7.63. The molecule has 1 aliphatic heterocycles. The van der Waals surface area contributed by atoms with Gasteiger partial charge in [-0.05, 0) is 42.0 Å². The largest absolute Gasteiger partial charge is 0.477 e. The molecule has 1 unspecified atom stereocenters. The number of benzene rings is 3. The number of halogens is 1. The van der Waals surface area contributed by atoms with Crippen LogP contribution in [0.1, 0.15) is 5.56 Å². The van der Waals surface area contributed by atoms with E-state index in [2.05, 4.69) is 5.32 Å². The zero-order valence-corrected chi connectivity index (χ0v) is 20.5. The van der Waals surface area contributed by atoms with Gasteiger partial charge in [0.1, 0.15) is 5.75 Å². The van der Waals surface area contributed by atoms with Gasteiger partial charge in [0, 0.05) is 18.6 Å². The number of anilines is 1. The monoisotopic (exact) mass is 513 g/mol. The molecule has 4 rings (SSSR count). The molecule has 0 saturated carbocycles. The van der Waals surface area contributed by atoms with E-state index < -0.39 is 28.6 Å². The molecule has 0 saturated heterocycles. The Labute approximate surface area is 209 Å². The minimum absolute atomic E-state index is 0.0257. The fraction of sp³-hybridized carbons (Fsp3) is 0.200. The van der Waals surface area contributed by atoms with Crippen molar-refractivity contribution in [1.29, 1.82) is 0 Å². The first kappa shape index (κ1) is 24.7. The zero-order valence-electron chi connectivity index (χ0n) is 18.9. The quantitative estimate of drug-likeness (QED) is 0.524. The number of likely N-dealkylation sites (N-methyl/N-ethyl adjacent to an activating group) is 1. The molecule has 10 heteroatoms. The average Bonchev–Trinajstić information content (AvgIpc) is 2.87. The van der Waals surface area contributed by atoms with Crippen LogP contribution in [0.25, 0.3) is 0 Å².